The van der Waals surface area contributed by atoms with Crippen LogP contribution >= 0.6 is 0 Å². The van der Waals surface area contributed by atoms with Crippen molar-refractivity contribution in [1.29, 1.82) is 0 Å². The van der Waals surface area contributed by atoms with Gasteiger partial charge < -0.3 is 16.2 Å². The molecule has 0 aromatic rings. The quantitative estimate of drug-likeness (QED) is 0.588. The fraction of sp³-hybridized carbons (Fsp3) is 0.909. The first-order valence-electron chi connectivity index (χ1n) is 5.67. The molecule has 4 N–H and O–H groups in total. The summed E-state index contributed by atoms with van der Waals surface area (Å²) < 4.78 is 0. The number of nitrogens with one attached hydrogen (secondary N) is 1. The van der Waals surface area contributed by atoms with E-state index in [4.69, 9.17) is 10.8 Å². The van der Waals surface area contributed by atoms with Crippen molar-refractivity contribution >= 4 is 5.91 Å². The van der Waals surface area contributed by atoms with Gasteiger partial charge in [0.1, 0.15) is 0 Å². The molecule has 0 aromatic heterocycles. The smallest absolute Gasteiger partial charge is 0.237 e. The summed E-state index contributed by atoms with van der Waals surface area (Å²) in [5.41, 5.74) is 5.19. The Kier molecular flexibility index (Phi) is 6.52. The normalized spacial score (nSPS) is 16.9. The van der Waals surface area contributed by atoms with Crippen molar-refractivity contribution in [2.24, 2.45) is 5.73 Å². The van der Waals surface area contributed by atoms with Crippen LogP contribution in [0.3, 0.4) is 0 Å². The third-order valence-corrected chi connectivity index (χ3v) is 2.76. The van der Waals surface area contributed by atoms with Crippen molar-refractivity contribution in [1.82, 2.24) is 5.32 Å². The van der Waals surface area contributed by atoms with Crippen LogP contribution in [0.15, 0.2) is 0 Å². The van der Waals surface area contributed by atoms with Gasteiger partial charge in [-0.3, -0.25) is 4.79 Å². The second kappa shape index (κ2) is 6.80. The number of carbonyl (C=O) groups excluding carboxylic acids is 1. The van der Waals surface area contributed by atoms with Gasteiger partial charge in [0.25, 0.3) is 0 Å². The van der Waals surface area contributed by atoms with Crippen LogP contribution in [0, 0.1) is 0 Å². The zero-order valence-electron chi connectivity index (χ0n) is 10.0. The molecule has 0 saturated heterocycles. The SMILES string of the molecule is CCCCC(N)C(=O)NC(C)(CC)CO. The van der Waals surface area contributed by atoms with Gasteiger partial charge >= 0.3 is 0 Å². The highest BCUT2D eigenvalue weighted by atomic mass is 16.3. The van der Waals surface area contributed by atoms with E-state index >= 15 is 0 Å². The zero-order chi connectivity index (χ0) is 11.9. The zero-order valence-corrected chi connectivity index (χ0v) is 10.0. The second-order valence-electron chi connectivity index (χ2n) is 4.31. The lowest BCUT2D eigenvalue weighted by atomic mass is 9.99. The molecule has 0 spiro atoms. The topological polar surface area (TPSA) is 75.4 Å². The first kappa shape index (κ1) is 14.4. The summed E-state index contributed by atoms with van der Waals surface area (Å²) in [6, 6.07) is -0.456. The number of nitrogens with two attached hydrogens (primary N) is 1. The maximum atomic E-state index is 11.6. The summed E-state index contributed by atoms with van der Waals surface area (Å²) in [6.07, 6.45) is 3.38. The number of unbranched alkanes of at least 4 members (excludes halogenated alkanes) is 1. The van der Waals surface area contributed by atoms with Crippen molar-refractivity contribution < 1.29 is 9.90 Å². The summed E-state index contributed by atoms with van der Waals surface area (Å²) in [4.78, 5) is 11.6. The van der Waals surface area contributed by atoms with Gasteiger partial charge in [-0.1, -0.05) is 26.7 Å². The van der Waals surface area contributed by atoms with E-state index in [2.05, 4.69) is 12.2 Å². The van der Waals surface area contributed by atoms with Crippen LogP contribution in [0.1, 0.15) is 46.5 Å². The monoisotopic (exact) mass is 216 g/mol. The molecule has 4 heteroatoms. The minimum Gasteiger partial charge on any atom is -0.394 e. The Bertz CT molecular complexity index is 191. The number of carbonyl (C=O) groups is 1. The lowest BCUT2D eigenvalue weighted by Gasteiger charge is -2.28. The molecule has 2 atom stereocenters. The number of aliphatic hydroxyl groups is 1. The van der Waals surface area contributed by atoms with Crippen molar-refractivity contribution in [2.45, 2.75) is 58.0 Å². The van der Waals surface area contributed by atoms with Crippen LogP contribution in [-0.4, -0.2) is 29.2 Å². The average molecular weight is 216 g/mol. The van der Waals surface area contributed by atoms with Gasteiger partial charge in [0.05, 0.1) is 18.2 Å². The Labute approximate surface area is 92.2 Å². The summed E-state index contributed by atoms with van der Waals surface area (Å²) >= 11 is 0. The Hall–Kier alpha value is -0.610. The van der Waals surface area contributed by atoms with Crippen LogP contribution in [0.4, 0.5) is 0 Å². The van der Waals surface area contributed by atoms with Crippen LogP contribution in [0.5, 0.6) is 0 Å². The van der Waals surface area contributed by atoms with E-state index in [9.17, 15) is 4.79 Å². The number of aliphatic hydroxyl groups excluding tert-OH is 1. The van der Waals surface area contributed by atoms with E-state index in [1.807, 2.05) is 13.8 Å². The van der Waals surface area contributed by atoms with E-state index in [0.29, 0.717) is 12.8 Å². The molecule has 1 amide bonds. The Balaban J connectivity index is 4.10. The number of rotatable bonds is 7. The lowest BCUT2D eigenvalue weighted by molar-refractivity contribution is -0.124. The summed E-state index contributed by atoms with van der Waals surface area (Å²) in [5.74, 6) is -0.165. The summed E-state index contributed by atoms with van der Waals surface area (Å²) in [6.45, 7) is 5.75. The van der Waals surface area contributed by atoms with Gasteiger partial charge in [-0.2, -0.15) is 0 Å². The predicted octanol–water partition coefficient (Wildman–Crippen LogP) is 0.781. The third kappa shape index (κ3) is 5.14. The molecule has 0 radical (unpaired) electrons. The molecular formula is C11H24N2O2. The Morgan fingerprint density at radius 2 is 2.13 bits per heavy atom. The molecule has 0 rings (SSSR count). The van der Waals surface area contributed by atoms with E-state index in [-0.39, 0.29) is 12.5 Å². The molecule has 0 saturated carbocycles. The summed E-state index contributed by atoms with van der Waals surface area (Å²) in [5, 5.41) is 11.9. The molecule has 0 aliphatic carbocycles. The van der Waals surface area contributed by atoms with Gasteiger partial charge in [0.15, 0.2) is 0 Å². The molecular weight excluding hydrogens is 192 g/mol. The fourth-order valence-electron chi connectivity index (χ4n) is 1.18. The lowest BCUT2D eigenvalue weighted by Crippen LogP contribution is -2.53. The largest absolute Gasteiger partial charge is 0.394 e. The first-order valence-corrected chi connectivity index (χ1v) is 5.67. The highest BCUT2D eigenvalue weighted by molar-refractivity contribution is 5.82. The third-order valence-electron chi connectivity index (χ3n) is 2.76. The van der Waals surface area contributed by atoms with Crippen molar-refractivity contribution in [3.63, 3.8) is 0 Å². The molecule has 2 unspecified atom stereocenters. The van der Waals surface area contributed by atoms with Crippen LogP contribution in [-0.2, 0) is 4.79 Å². The van der Waals surface area contributed by atoms with E-state index in [1.165, 1.54) is 0 Å². The first-order chi connectivity index (χ1) is 6.99. The average Bonchev–Trinajstić information content (AvgIpc) is 2.25. The van der Waals surface area contributed by atoms with Crippen molar-refractivity contribution in [2.75, 3.05) is 6.61 Å². The molecule has 0 bridgehead atoms. The fourth-order valence-corrected chi connectivity index (χ4v) is 1.18. The number of hydrogen-bond donors (Lipinski definition) is 3. The molecule has 15 heavy (non-hydrogen) atoms. The Morgan fingerprint density at radius 3 is 2.53 bits per heavy atom. The molecule has 90 valence electrons. The van der Waals surface area contributed by atoms with E-state index in [0.717, 1.165) is 12.8 Å². The molecule has 0 aliphatic rings. The maximum Gasteiger partial charge on any atom is 0.237 e. The van der Waals surface area contributed by atoms with E-state index in [1.54, 1.807) is 0 Å². The van der Waals surface area contributed by atoms with Crippen molar-refractivity contribution in [3.8, 4) is 0 Å². The van der Waals surface area contributed by atoms with Gasteiger partial charge in [-0.15, -0.1) is 0 Å². The van der Waals surface area contributed by atoms with Gasteiger partial charge in [0.2, 0.25) is 5.91 Å². The minimum absolute atomic E-state index is 0.0598. The summed E-state index contributed by atoms with van der Waals surface area (Å²) in [7, 11) is 0. The molecule has 0 aromatic carbocycles. The molecule has 0 fully saturated rings. The number of hydrogen-bond acceptors (Lipinski definition) is 3. The van der Waals surface area contributed by atoms with Crippen LogP contribution < -0.4 is 11.1 Å². The minimum atomic E-state index is -0.541. The standard InChI is InChI=1S/C11H24N2O2/c1-4-6-7-9(12)10(15)13-11(3,5-2)8-14/h9,14H,4-8,12H2,1-3H3,(H,13,15). The van der Waals surface area contributed by atoms with Gasteiger partial charge in [-0.05, 0) is 19.8 Å². The molecule has 0 aliphatic heterocycles. The van der Waals surface area contributed by atoms with Gasteiger partial charge in [0, 0.05) is 0 Å². The maximum absolute atomic E-state index is 11.6. The predicted molar refractivity (Wildman–Crippen MR) is 61.4 cm³/mol. The number of amides is 1. The van der Waals surface area contributed by atoms with Gasteiger partial charge in [-0.25, -0.2) is 0 Å². The highest BCUT2D eigenvalue weighted by Crippen LogP contribution is 2.08. The molecule has 4 nitrogen and oxygen atoms in total. The Morgan fingerprint density at radius 1 is 1.53 bits per heavy atom. The molecule has 0 heterocycles. The van der Waals surface area contributed by atoms with Crippen LogP contribution in [0.25, 0.3) is 0 Å². The van der Waals surface area contributed by atoms with E-state index < -0.39 is 11.6 Å². The van der Waals surface area contributed by atoms with Crippen LogP contribution in [0.2, 0.25) is 0 Å². The second-order valence-corrected chi connectivity index (χ2v) is 4.31. The van der Waals surface area contributed by atoms with Crippen molar-refractivity contribution in [3.05, 3.63) is 0 Å². The highest BCUT2D eigenvalue weighted by Gasteiger charge is 2.25.